The van der Waals surface area contributed by atoms with Gasteiger partial charge in [-0.1, -0.05) is 35.7 Å². The Morgan fingerprint density at radius 2 is 1.86 bits per heavy atom. The van der Waals surface area contributed by atoms with Crippen LogP contribution in [0, 0.1) is 25.2 Å². The number of hydrogen-bond donors (Lipinski definition) is 2. The van der Waals surface area contributed by atoms with Gasteiger partial charge in [-0.25, -0.2) is 0 Å². The highest BCUT2D eigenvalue weighted by Gasteiger charge is 2.72. The SMILES string of the molecule is Cc1cc(C)cc(C2CCCC2N[C@@H]2C[C@]3(C(=O)O)C[C@H]23)c1. The normalized spacial score (nSPS) is 39.2. The minimum atomic E-state index is -0.576. The van der Waals surface area contributed by atoms with E-state index in [0.717, 1.165) is 12.8 Å². The van der Waals surface area contributed by atoms with Gasteiger partial charge in [0.1, 0.15) is 0 Å². The van der Waals surface area contributed by atoms with Gasteiger partial charge in [0.15, 0.2) is 0 Å². The van der Waals surface area contributed by atoms with Crippen LogP contribution in [0.1, 0.15) is 54.7 Å². The van der Waals surface area contributed by atoms with E-state index in [1.54, 1.807) is 0 Å². The molecule has 3 saturated carbocycles. The van der Waals surface area contributed by atoms with Gasteiger partial charge in [0.05, 0.1) is 5.41 Å². The van der Waals surface area contributed by atoms with Crippen molar-refractivity contribution in [1.82, 2.24) is 5.32 Å². The number of aliphatic carboxylic acids is 1. The van der Waals surface area contributed by atoms with Crippen molar-refractivity contribution in [3.8, 4) is 0 Å². The second-order valence-electron chi connectivity index (χ2n) is 7.81. The quantitative estimate of drug-likeness (QED) is 0.896. The number of benzene rings is 1. The van der Waals surface area contributed by atoms with E-state index in [9.17, 15) is 9.90 Å². The average molecular weight is 299 g/mol. The topological polar surface area (TPSA) is 49.3 Å². The Morgan fingerprint density at radius 1 is 1.14 bits per heavy atom. The second-order valence-corrected chi connectivity index (χ2v) is 7.81. The van der Waals surface area contributed by atoms with Crippen molar-refractivity contribution in [3.63, 3.8) is 0 Å². The molecule has 0 bridgehead atoms. The molecule has 0 radical (unpaired) electrons. The van der Waals surface area contributed by atoms with Crippen LogP contribution in [0.5, 0.6) is 0 Å². The first-order chi connectivity index (χ1) is 10.5. The Balaban J connectivity index is 1.45. The Hall–Kier alpha value is -1.35. The number of carbonyl (C=O) groups is 1. The molecule has 0 amide bonds. The summed E-state index contributed by atoms with van der Waals surface area (Å²) in [6.45, 7) is 4.34. The summed E-state index contributed by atoms with van der Waals surface area (Å²) in [6, 6.07) is 7.86. The summed E-state index contributed by atoms with van der Waals surface area (Å²) in [4.78, 5) is 11.3. The predicted molar refractivity (Wildman–Crippen MR) is 86.0 cm³/mol. The highest BCUT2D eigenvalue weighted by atomic mass is 16.4. The molecule has 0 saturated heterocycles. The van der Waals surface area contributed by atoms with E-state index in [0.29, 0.717) is 23.9 Å². The molecule has 3 fully saturated rings. The van der Waals surface area contributed by atoms with Gasteiger partial charge in [-0.2, -0.15) is 0 Å². The molecule has 5 atom stereocenters. The van der Waals surface area contributed by atoms with Crippen molar-refractivity contribution in [2.24, 2.45) is 11.3 Å². The number of nitrogens with one attached hydrogen (secondary N) is 1. The van der Waals surface area contributed by atoms with Crippen LogP contribution in [0.2, 0.25) is 0 Å². The molecule has 0 aliphatic heterocycles. The Morgan fingerprint density at radius 3 is 2.45 bits per heavy atom. The van der Waals surface area contributed by atoms with Gasteiger partial charge >= 0.3 is 5.97 Å². The van der Waals surface area contributed by atoms with E-state index in [1.165, 1.54) is 36.0 Å². The molecule has 0 spiro atoms. The summed E-state index contributed by atoms with van der Waals surface area (Å²) in [5, 5.41) is 13.1. The van der Waals surface area contributed by atoms with E-state index in [-0.39, 0.29) is 5.41 Å². The molecular formula is C19H25NO2. The summed E-state index contributed by atoms with van der Waals surface area (Å²) in [7, 11) is 0. The van der Waals surface area contributed by atoms with Crippen molar-refractivity contribution < 1.29 is 9.90 Å². The van der Waals surface area contributed by atoms with Crippen LogP contribution in [0.3, 0.4) is 0 Å². The zero-order valence-electron chi connectivity index (χ0n) is 13.4. The van der Waals surface area contributed by atoms with Crippen molar-refractivity contribution in [2.45, 2.75) is 64.0 Å². The van der Waals surface area contributed by atoms with Crippen LogP contribution in [0.4, 0.5) is 0 Å². The fourth-order valence-corrected chi connectivity index (χ4v) is 5.04. The zero-order chi connectivity index (χ0) is 15.5. The van der Waals surface area contributed by atoms with E-state index < -0.39 is 5.97 Å². The first-order valence-electron chi connectivity index (χ1n) is 8.57. The van der Waals surface area contributed by atoms with Crippen LogP contribution in [-0.4, -0.2) is 23.2 Å². The van der Waals surface area contributed by atoms with Gasteiger partial charge in [-0.3, -0.25) is 4.79 Å². The molecule has 3 heteroatoms. The number of fused-ring (bicyclic) bond motifs is 1. The maximum Gasteiger partial charge on any atom is 0.310 e. The summed E-state index contributed by atoms with van der Waals surface area (Å²) < 4.78 is 0. The molecular weight excluding hydrogens is 274 g/mol. The first-order valence-corrected chi connectivity index (χ1v) is 8.57. The highest BCUT2D eigenvalue weighted by Crippen LogP contribution is 2.67. The van der Waals surface area contributed by atoms with Crippen LogP contribution in [0.15, 0.2) is 18.2 Å². The van der Waals surface area contributed by atoms with Crippen LogP contribution < -0.4 is 5.32 Å². The molecule has 3 nitrogen and oxygen atoms in total. The molecule has 3 aliphatic rings. The van der Waals surface area contributed by atoms with E-state index in [4.69, 9.17) is 0 Å². The van der Waals surface area contributed by atoms with Crippen molar-refractivity contribution >= 4 is 5.97 Å². The van der Waals surface area contributed by atoms with Gasteiger partial charge < -0.3 is 10.4 Å². The third-order valence-electron chi connectivity index (χ3n) is 6.25. The Kier molecular flexibility index (Phi) is 3.12. The number of aryl methyl sites for hydroxylation is 2. The van der Waals surface area contributed by atoms with E-state index in [2.05, 4.69) is 37.4 Å². The molecule has 1 aromatic rings. The number of carboxylic acid groups (broad SMARTS) is 1. The maximum absolute atomic E-state index is 11.3. The third kappa shape index (κ3) is 2.10. The van der Waals surface area contributed by atoms with Gasteiger partial charge in [-0.05, 0) is 56.9 Å². The van der Waals surface area contributed by atoms with Gasteiger partial charge in [0, 0.05) is 12.1 Å². The number of hydrogen-bond acceptors (Lipinski definition) is 2. The van der Waals surface area contributed by atoms with Gasteiger partial charge in [0.25, 0.3) is 0 Å². The molecule has 3 aliphatic carbocycles. The average Bonchev–Trinajstić information content (AvgIpc) is 2.82. The number of rotatable bonds is 4. The molecule has 0 heterocycles. The van der Waals surface area contributed by atoms with Crippen LogP contribution >= 0.6 is 0 Å². The lowest BCUT2D eigenvalue weighted by molar-refractivity contribution is -0.147. The number of carboxylic acids is 1. The smallest absolute Gasteiger partial charge is 0.310 e. The molecule has 22 heavy (non-hydrogen) atoms. The molecule has 0 aromatic heterocycles. The largest absolute Gasteiger partial charge is 0.481 e. The van der Waals surface area contributed by atoms with Gasteiger partial charge in [-0.15, -0.1) is 0 Å². The first kappa shape index (κ1) is 14.3. The van der Waals surface area contributed by atoms with E-state index >= 15 is 0 Å². The lowest BCUT2D eigenvalue weighted by Gasteiger charge is -2.36. The zero-order valence-corrected chi connectivity index (χ0v) is 13.4. The lowest BCUT2D eigenvalue weighted by Crippen LogP contribution is -2.50. The second kappa shape index (κ2) is 4.82. The lowest BCUT2D eigenvalue weighted by atomic mass is 9.79. The fourth-order valence-electron chi connectivity index (χ4n) is 5.04. The van der Waals surface area contributed by atoms with Crippen LogP contribution in [-0.2, 0) is 4.79 Å². The summed E-state index contributed by atoms with van der Waals surface area (Å²) in [6.07, 6.45) is 5.48. The summed E-state index contributed by atoms with van der Waals surface area (Å²) in [5.74, 6) is 0.413. The van der Waals surface area contributed by atoms with Crippen LogP contribution in [0.25, 0.3) is 0 Å². The summed E-state index contributed by atoms with van der Waals surface area (Å²) in [5.41, 5.74) is 3.81. The van der Waals surface area contributed by atoms with Gasteiger partial charge in [0.2, 0.25) is 0 Å². The maximum atomic E-state index is 11.3. The Labute approximate surface area is 132 Å². The predicted octanol–water partition coefficient (Wildman–Crippen LogP) is 3.39. The fraction of sp³-hybridized carbons (Fsp3) is 0.632. The molecule has 118 valence electrons. The molecule has 2 N–H and O–H groups in total. The Bertz CT molecular complexity index is 606. The minimum absolute atomic E-state index is 0.342. The highest BCUT2D eigenvalue weighted by molar-refractivity contribution is 5.81. The van der Waals surface area contributed by atoms with Crippen molar-refractivity contribution in [2.75, 3.05) is 0 Å². The monoisotopic (exact) mass is 299 g/mol. The molecule has 1 aromatic carbocycles. The van der Waals surface area contributed by atoms with Crippen molar-refractivity contribution in [3.05, 3.63) is 34.9 Å². The van der Waals surface area contributed by atoms with Crippen molar-refractivity contribution in [1.29, 1.82) is 0 Å². The molecule has 4 rings (SSSR count). The van der Waals surface area contributed by atoms with E-state index in [1.807, 2.05) is 0 Å². The molecule has 2 unspecified atom stereocenters. The summed E-state index contributed by atoms with van der Waals surface area (Å²) >= 11 is 0. The standard InChI is InChI=1S/C19H25NO2/c1-11-6-12(2)8-13(7-11)14-4-3-5-16(14)20-17-10-19(18(21)22)9-15(17)19/h6-8,14-17,20H,3-5,9-10H2,1-2H3,(H,21,22)/t14?,15-,16?,17-,19-/m1/s1. The third-order valence-corrected chi connectivity index (χ3v) is 6.25. The minimum Gasteiger partial charge on any atom is -0.481 e.